The number of rotatable bonds is 5. The van der Waals surface area contributed by atoms with Crippen LogP contribution >= 0.6 is 0 Å². The molecule has 2 N–H and O–H groups in total. The first kappa shape index (κ1) is 15.0. The number of hydrogen-bond acceptors (Lipinski definition) is 3. The Morgan fingerprint density at radius 2 is 2.11 bits per heavy atom. The Labute approximate surface area is 109 Å². The van der Waals surface area contributed by atoms with E-state index in [-0.39, 0.29) is 23.9 Å². The highest BCUT2D eigenvalue weighted by Crippen LogP contribution is 2.18. The highest BCUT2D eigenvalue weighted by atomic mass is 16.2. The van der Waals surface area contributed by atoms with Crippen molar-refractivity contribution < 1.29 is 9.59 Å². The van der Waals surface area contributed by atoms with Gasteiger partial charge in [-0.2, -0.15) is 0 Å². The summed E-state index contributed by atoms with van der Waals surface area (Å²) in [6, 6.07) is -0.111. The number of amides is 2. The number of piperidine rings is 1. The maximum atomic E-state index is 12.2. The van der Waals surface area contributed by atoms with E-state index in [9.17, 15) is 9.59 Å². The molecule has 5 nitrogen and oxygen atoms in total. The topological polar surface area (TPSA) is 61.4 Å². The summed E-state index contributed by atoms with van der Waals surface area (Å²) in [5.74, 6) is 0.0379. The van der Waals surface area contributed by atoms with E-state index in [1.807, 2.05) is 13.8 Å². The molecule has 0 spiro atoms. The molecule has 0 bridgehead atoms. The molecule has 5 heteroatoms. The minimum absolute atomic E-state index is 0.0425. The van der Waals surface area contributed by atoms with Crippen LogP contribution in [0.3, 0.4) is 0 Å². The highest BCUT2D eigenvalue weighted by molar-refractivity contribution is 5.87. The van der Waals surface area contributed by atoms with Crippen molar-refractivity contribution in [2.75, 3.05) is 20.1 Å². The standard InChI is InChI=1S/C13H25N3O2/c1-4-15-10(2)9-12(17)16-8-6-5-7-11(16)13(18)14-3/h10-11,15H,4-9H2,1-3H3,(H,14,18). The van der Waals surface area contributed by atoms with Gasteiger partial charge in [-0.25, -0.2) is 0 Å². The number of carbonyl (C=O) groups excluding carboxylic acids is 2. The van der Waals surface area contributed by atoms with E-state index >= 15 is 0 Å². The molecule has 2 unspecified atom stereocenters. The molecule has 1 heterocycles. The molecule has 1 rings (SSSR count). The second-order valence-electron chi connectivity index (χ2n) is 4.88. The lowest BCUT2D eigenvalue weighted by molar-refractivity contribution is -0.142. The van der Waals surface area contributed by atoms with Gasteiger partial charge in [0.05, 0.1) is 0 Å². The molecular weight excluding hydrogens is 230 g/mol. The van der Waals surface area contributed by atoms with Crippen molar-refractivity contribution in [3.63, 3.8) is 0 Å². The molecule has 0 aromatic heterocycles. The maximum Gasteiger partial charge on any atom is 0.242 e. The molecule has 1 fully saturated rings. The number of likely N-dealkylation sites (tertiary alicyclic amines) is 1. The smallest absolute Gasteiger partial charge is 0.242 e. The lowest BCUT2D eigenvalue weighted by Gasteiger charge is -2.35. The molecule has 1 saturated heterocycles. The van der Waals surface area contributed by atoms with Crippen molar-refractivity contribution in [2.45, 2.75) is 51.6 Å². The summed E-state index contributed by atoms with van der Waals surface area (Å²) >= 11 is 0. The van der Waals surface area contributed by atoms with Gasteiger partial charge in [0.15, 0.2) is 0 Å². The Morgan fingerprint density at radius 3 is 2.72 bits per heavy atom. The van der Waals surface area contributed by atoms with Crippen molar-refractivity contribution in [2.24, 2.45) is 0 Å². The van der Waals surface area contributed by atoms with Crippen LogP contribution in [0.5, 0.6) is 0 Å². The third-order valence-corrected chi connectivity index (χ3v) is 3.41. The zero-order valence-electron chi connectivity index (χ0n) is 11.7. The van der Waals surface area contributed by atoms with Gasteiger partial charge in [-0.1, -0.05) is 6.92 Å². The number of nitrogens with one attached hydrogen (secondary N) is 2. The van der Waals surface area contributed by atoms with E-state index in [1.165, 1.54) is 0 Å². The monoisotopic (exact) mass is 255 g/mol. The third-order valence-electron chi connectivity index (χ3n) is 3.41. The average Bonchev–Trinajstić information content (AvgIpc) is 2.38. The maximum absolute atomic E-state index is 12.2. The van der Waals surface area contributed by atoms with Crippen LogP contribution in [0.4, 0.5) is 0 Å². The Morgan fingerprint density at radius 1 is 1.39 bits per heavy atom. The molecule has 0 saturated carbocycles. The van der Waals surface area contributed by atoms with Crippen molar-refractivity contribution in [3.8, 4) is 0 Å². The quantitative estimate of drug-likeness (QED) is 0.752. The van der Waals surface area contributed by atoms with Crippen LogP contribution in [0.2, 0.25) is 0 Å². The molecule has 0 aliphatic carbocycles. The van der Waals surface area contributed by atoms with Crippen molar-refractivity contribution in [3.05, 3.63) is 0 Å². The second kappa shape index (κ2) is 7.36. The lowest BCUT2D eigenvalue weighted by Crippen LogP contribution is -2.52. The zero-order chi connectivity index (χ0) is 13.5. The molecule has 0 aromatic carbocycles. The first-order chi connectivity index (χ1) is 8.60. The third kappa shape index (κ3) is 3.98. The van der Waals surface area contributed by atoms with Gasteiger partial charge in [0.1, 0.15) is 6.04 Å². The summed E-state index contributed by atoms with van der Waals surface area (Å²) in [5.41, 5.74) is 0. The van der Waals surface area contributed by atoms with Crippen molar-refractivity contribution in [1.29, 1.82) is 0 Å². The van der Waals surface area contributed by atoms with Gasteiger partial charge in [-0.15, -0.1) is 0 Å². The first-order valence-electron chi connectivity index (χ1n) is 6.84. The number of nitrogens with zero attached hydrogens (tertiary/aromatic N) is 1. The van der Waals surface area contributed by atoms with Crippen LogP contribution in [0, 0.1) is 0 Å². The Hall–Kier alpha value is -1.10. The van der Waals surface area contributed by atoms with E-state index in [4.69, 9.17) is 0 Å². The second-order valence-corrected chi connectivity index (χ2v) is 4.88. The number of carbonyl (C=O) groups is 2. The van der Waals surface area contributed by atoms with Gasteiger partial charge in [-0.3, -0.25) is 9.59 Å². The van der Waals surface area contributed by atoms with E-state index in [2.05, 4.69) is 10.6 Å². The van der Waals surface area contributed by atoms with Gasteiger partial charge in [-0.05, 0) is 32.7 Å². The fourth-order valence-electron chi connectivity index (χ4n) is 2.47. The molecule has 0 aromatic rings. The van der Waals surface area contributed by atoms with E-state index in [1.54, 1.807) is 11.9 Å². The molecule has 0 radical (unpaired) electrons. The molecular formula is C13H25N3O2. The molecule has 2 atom stereocenters. The normalized spacial score (nSPS) is 21.5. The van der Waals surface area contributed by atoms with Gasteiger partial charge in [0, 0.05) is 26.1 Å². The van der Waals surface area contributed by atoms with E-state index < -0.39 is 0 Å². The largest absolute Gasteiger partial charge is 0.357 e. The van der Waals surface area contributed by atoms with Gasteiger partial charge >= 0.3 is 0 Å². The van der Waals surface area contributed by atoms with Crippen molar-refractivity contribution >= 4 is 11.8 Å². The van der Waals surface area contributed by atoms with Crippen LogP contribution in [0.1, 0.15) is 39.5 Å². The van der Waals surface area contributed by atoms with E-state index in [0.717, 1.165) is 25.8 Å². The van der Waals surface area contributed by atoms with Gasteiger partial charge < -0.3 is 15.5 Å². The van der Waals surface area contributed by atoms with E-state index in [0.29, 0.717) is 13.0 Å². The molecule has 2 amide bonds. The number of hydrogen-bond donors (Lipinski definition) is 2. The van der Waals surface area contributed by atoms with Crippen LogP contribution in [0.25, 0.3) is 0 Å². The average molecular weight is 255 g/mol. The van der Waals surface area contributed by atoms with Crippen LogP contribution < -0.4 is 10.6 Å². The Bertz CT molecular complexity index is 294. The first-order valence-corrected chi connectivity index (χ1v) is 6.84. The number of likely N-dealkylation sites (N-methyl/N-ethyl adjacent to an activating group) is 1. The predicted molar refractivity (Wildman–Crippen MR) is 71.2 cm³/mol. The minimum Gasteiger partial charge on any atom is -0.357 e. The summed E-state index contributed by atoms with van der Waals surface area (Å²) in [6.07, 6.45) is 3.25. The summed E-state index contributed by atoms with van der Waals surface area (Å²) in [5, 5.41) is 5.88. The summed E-state index contributed by atoms with van der Waals surface area (Å²) in [6.45, 7) is 5.58. The Kier molecular flexibility index (Phi) is 6.12. The lowest BCUT2D eigenvalue weighted by atomic mass is 10.0. The highest BCUT2D eigenvalue weighted by Gasteiger charge is 2.31. The summed E-state index contributed by atoms with van der Waals surface area (Å²) < 4.78 is 0. The summed E-state index contributed by atoms with van der Waals surface area (Å²) in [7, 11) is 1.63. The fourth-order valence-corrected chi connectivity index (χ4v) is 2.47. The summed E-state index contributed by atoms with van der Waals surface area (Å²) in [4.78, 5) is 25.7. The molecule has 18 heavy (non-hydrogen) atoms. The minimum atomic E-state index is -0.273. The fraction of sp³-hybridized carbons (Fsp3) is 0.846. The SMILES string of the molecule is CCNC(C)CC(=O)N1CCCCC1C(=O)NC. The Balaban J connectivity index is 2.59. The molecule has 1 aliphatic rings. The van der Waals surface area contributed by atoms with Crippen LogP contribution in [-0.2, 0) is 9.59 Å². The van der Waals surface area contributed by atoms with Crippen LogP contribution in [-0.4, -0.2) is 48.9 Å². The van der Waals surface area contributed by atoms with Gasteiger partial charge in [0.25, 0.3) is 0 Å². The van der Waals surface area contributed by atoms with Gasteiger partial charge in [0.2, 0.25) is 11.8 Å². The predicted octanol–water partition coefficient (Wildman–Crippen LogP) is 0.502. The zero-order valence-corrected chi connectivity index (χ0v) is 11.7. The molecule has 104 valence electrons. The molecule has 1 aliphatic heterocycles. The van der Waals surface area contributed by atoms with Crippen LogP contribution in [0.15, 0.2) is 0 Å². The van der Waals surface area contributed by atoms with Crippen molar-refractivity contribution in [1.82, 2.24) is 15.5 Å².